The van der Waals surface area contributed by atoms with Crippen LogP contribution in [0.2, 0.25) is 0 Å². The molecule has 0 aromatic rings. The van der Waals surface area contributed by atoms with Crippen molar-refractivity contribution < 1.29 is 5.11 Å². The minimum Gasteiger partial charge on any atom is -0.394 e. The Bertz CT molecular complexity index is 231. The Balaban J connectivity index is 4.55. The van der Waals surface area contributed by atoms with E-state index >= 15 is 0 Å². The summed E-state index contributed by atoms with van der Waals surface area (Å²) >= 11 is 0. The molecule has 0 aliphatic rings. The van der Waals surface area contributed by atoms with Gasteiger partial charge in [-0.25, -0.2) is 0 Å². The van der Waals surface area contributed by atoms with E-state index in [4.69, 9.17) is 0 Å². The van der Waals surface area contributed by atoms with Crippen LogP contribution in [0.15, 0.2) is 0 Å². The third kappa shape index (κ3) is 5.25. The summed E-state index contributed by atoms with van der Waals surface area (Å²) in [7, 11) is 2.19. The summed E-state index contributed by atoms with van der Waals surface area (Å²) in [5.41, 5.74) is 0.0358. The van der Waals surface area contributed by atoms with Crippen LogP contribution in [0, 0.1) is 0 Å². The molecule has 0 heterocycles. The number of hydrogen-bond donors (Lipinski definition) is 2. The van der Waals surface area contributed by atoms with Crippen molar-refractivity contribution in [3.63, 3.8) is 0 Å². The van der Waals surface area contributed by atoms with E-state index < -0.39 is 0 Å². The summed E-state index contributed by atoms with van der Waals surface area (Å²) in [6, 6.07) is 0.446. The highest BCUT2D eigenvalue weighted by Gasteiger charge is 2.31. The summed E-state index contributed by atoms with van der Waals surface area (Å²) in [5.74, 6) is 0. The van der Waals surface area contributed by atoms with Crippen molar-refractivity contribution in [2.24, 2.45) is 0 Å². The molecule has 2 unspecified atom stereocenters. The first-order valence-corrected chi connectivity index (χ1v) is 7.31. The Labute approximate surface area is 114 Å². The second kappa shape index (κ2) is 7.46. The first kappa shape index (κ1) is 17.9. The number of nitrogens with one attached hydrogen (secondary N) is 1. The summed E-state index contributed by atoms with van der Waals surface area (Å²) < 4.78 is 0. The van der Waals surface area contributed by atoms with Crippen molar-refractivity contribution in [2.45, 2.75) is 77.9 Å². The van der Waals surface area contributed by atoms with Crippen molar-refractivity contribution in [3.8, 4) is 0 Å². The van der Waals surface area contributed by atoms with Crippen LogP contribution in [-0.2, 0) is 0 Å². The van der Waals surface area contributed by atoms with Crippen LogP contribution in [0.25, 0.3) is 0 Å². The summed E-state index contributed by atoms with van der Waals surface area (Å²) in [6.45, 7) is 14.5. The second-order valence-corrected chi connectivity index (χ2v) is 6.48. The molecule has 0 aromatic heterocycles. The van der Waals surface area contributed by atoms with Gasteiger partial charge in [-0.3, -0.25) is 4.90 Å². The van der Waals surface area contributed by atoms with Gasteiger partial charge in [0.05, 0.1) is 6.61 Å². The molecule has 0 fully saturated rings. The highest BCUT2D eigenvalue weighted by atomic mass is 16.3. The molecule has 110 valence electrons. The summed E-state index contributed by atoms with van der Waals surface area (Å²) in [5, 5.41) is 13.1. The van der Waals surface area contributed by atoms with Gasteiger partial charge >= 0.3 is 0 Å². The van der Waals surface area contributed by atoms with Crippen molar-refractivity contribution in [3.05, 3.63) is 0 Å². The Morgan fingerprint density at radius 1 is 1.22 bits per heavy atom. The third-order valence-corrected chi connectivity index (χ3v) is 4.38. The molecule has 0 amide bonds. The molecule has 3 heteroatoms. The predicted octanol–water partition coefficient (Wildman–Crippen LogP) is 2.64. The highest BCUT2D eigenvalue weighted by Crippen LogP contribution is 2.24. The van der Waals surface area contributed by atoms with E-state index in [2.05, 4.69) is 58.8 Å². The summed E-state index contributed by atoms with van der Waals surface area (Å²) in [6.07, 6.45) is 3.19. The van der Waals surface area contributed by atoms with Gasteiger partial charge in [-0.2, -0.15) is 0 Å². The second-order valence-electron chi connectivity index (χ2n) is 6.48. The van der Waals surface area contributed by atoms with E-state index in [1.807, 2.05) is 0 Å². The quantitative estimate of drug-likeness (QED) is 0.667. The molecular formula is C15H34N2O. The molecule has 2 atom stereocenters. The van der Waals surface area contributed by atoms with E-state index in [-0.39, 0.29) is 17.7 Å². The molecule has 0 saturated carbocycles. The van der Waals surface area contributed by atoms with Gasteiger partial charge in [0.1, 0.15) is 0 Å². The van der Waals surface area contributed by atoms with Gasteiger partial charge in [-0.05, 0) is 60.5 Å². The lowest BCUT2D eigenvalue weighted by atomic mass is 9.90. The molecule has 0 aliphatic heterocycles. The average molecular weight is 258 g/mol. The van der Waals surface area contributed by atoms with Crippen LogP contribution in [0.4, 0.5) is 0 Å². The molecule has 0 radical (unpaired) electrons. The van der Waals surface area contributed by atoms with Gasteiger partial charge < -0.3 is 10.4 Å². The molecule has 2 N–H and O–H groups in total. The molecule has 0 saturated heterocycles. The Morgan fingerprint density at radius 2 is 1.78 bits per heavy atom. The normalized spacial score (nSPS) is 17.8. The lowest BCUT2D eigenvalue weighted by Gasteiger charge is -2.42. The van der Waals surface area contributed by atoms with Gasteiger partial charge in [0.25, 0.3) is 0 Å². The monoisotopic (exact) mass is 258 g/mol. The Kier molecular flexibility index (Phi) is 7.41. The van der Waals surface area contributed by atoms with Gasteiger partial charge in [0, 0.05) is 17.1 Å². The first-order chi connectivity index (χ1) is 8.22. The van der Waals surface area contributed by atoms with Crippen LogP contribution in [0.1, 0.15) is 60.8 Å². The standard InChI is InChI=1S/C15H34N2O/c1-8-10-16-15(6,12-18)11-13(3)17(7)14(4,5)9-2/h13,16,18H,8-12H2,1-7H3. The van der Waals surface area contributed by atoms with Crippen molar-refractivity contribution >= 4 is 0 Å². The summed E-state index contributed by atoms with van der Waals surface area (Å²) in [4.78, 5) is 2.43. The van der Waals surface area contributed by atoms with Crippen LogP contribution < -0.4 is 5.32 Å². The Hall–Kier alpha value is -0.120. The van der Waals surface area contributed by atoms with Gasteiger partial charge in [0.2, 0.25) is 0 Å². The Morgan fingerprint density at radius 3 is 2.17 bits per heavy atom. The molecule has 18 heavy (non-hydrogen) atoms. The average Bonchev–Trinajstić information content (AvgIpc) is 2.35. The van der Waals surface area contributed by atoms with Gasteiger partial charge in [-0.15, -0.1) is 0 Å². The minimum atomic E-state index is -0.173. The number of aliphatic hydroxyl groups excluding tert-OH is 1. The lowest BCUT2D eigenvalue weighted by Crippen LogP contribution is -2.53. The fourth-order valence-corrected chi connectivity index (χ4v) is 2.25. The number of rotatable bonds is 9. The number of nitrogens with zero attached hydrogens (tertiary/aromatic N) is 1. The van der Waals surface area contributed by atoms with Gasteiger partial charge in [0.15, 0.2) is 0 Å². The van der Waals surface area contributed by atoms with Crippen LogP contribution >= 0.6 is 0 Å². The van der Waals surface area contributed by atoms with Gasteiger partial charge in [-0.1, -0.05) is 13.8 Å². The molecule has 0 aromatic carbocycles. The smallest absolute Gasteiger partial charge is 0.0611 e. The fraction of sp³-hybridized carbons (Fsp3) is 1.00. The van der Waals surface area contributed by atoms with Crippen molar-refractivity contribution in [1.82, 2.24) is 10.2 Å². The maximum Gasteiger partial charge on any atom is 0.0611 e. The molecular weight excluding hydrogens is 224 g/mol. The van der Waals surface area contributed by atoms with E-state index in [0.717, 1.165) is 25.8 Å². The fourth-order valence-electron chi connectivity index (χ4n) is 2.25. The first-order valence-electron chi connectivity index (χ1n) is 7.31. The minimum absolute atomic E-state index is 0.173. The van der Waals surface area contributed by atoms with E-state index in [1.165, 1.54) is 0 Å². The highest BCUT2D eigenvalue weighted by molar-refractivity contribution is 4.90. The van der Waals surface area contributed by atoms with Crippen LogP contribution in [0.3, 0.4) is 0 Å². The zero-order valence-electron chi connectivity index (χ0n) is 13.5. The third-order valence-electron chi connectivity index (χ3n) is 4.38. The van der Waals surface area contributed by atoms with Crippen molar-refractivity contribution in [2.75, 3.05) is 20.2 Å². The maximum absolute atomic E-state index is 9.62. The predicted molar refractivity (Wildman–Crippen MR) is 80.0 cm³/mol. The molecule has 0 bridgehead atoms. The molecule has 0 rings (SSSR count). The van der Waals surface area contributed by atoms with E-state index in [9.17, 15) is 5.11 Å². The SMILES string of the molecule is CCCNC(C)(CO)CC(C)N(C)C(C)(C)CC. The van der Waals surface area contributed by atoms with Crippen LogP contribution in [-0.4, -0.2) is 47.3 Å². The largest absolute Gasteiger partial charge is 0.394 e. The number of aliphatic hydroxyl groups is 1. The molecule has 3 nitrogen and oxygen atoms in total. The van der Waals surface area contributed by atoms with Crippen molar-refractivity contribution in [1.29, 1.82) is 0 Å². The number of hydrogen-bond acceptors (Lipinski definition) is 3. The van der Waals surface area contributed by atoms with E-state index in [1.54, 1.807) is 0 Å². The van der Waals surface area contributed by atoms with E-state index in [0.29, 0.717) is 6.04 Å². The molecule has 0 spiro atoms. The zero-order valence-corrected chi connectivity index (χ0v) is 13.5. The lowest BCUT2D eigenvalue weighted by molar-refractivity contribution is 0.0672. The van der Waals surface area contributed by atoms with Crippen LogP contribution in [0.5, 0.6) is 0 Å². The topological polar surface area (TPSA) is 35.5 Å². The zero-order chi connectivity index (χ0) is 14.4. The maximum atomic E-state index is 9.62. The molecule has 0 aliphatic carbocycles.